The van der Waals surface area contributed by atoms with Gasteiger partial charge in [-0.2, -0.15) is 5.10 Å². The fourth-order valence-corrected chi connectivity index (χ4v) is 2.19. The summed E-state index contributed by atoms with van der Waals surface area (Å²) in [6.45, 7) is 1.21. The summed E-state index contributed by atoms with van der Waals surface area (Å²) in [5.74, 6) is -2.32. The number of carbonyl (C=O) groups excluding carboxylic acids is 1. The molecule has 0 saturated heterocycles. The Kier molecular flexibility index (Phi) is 4.45. The molecule has 0 fully saturated rings. The lowest BCUT2D eigenvalue weighted by molar-refractivity contribution is -0.395. The third-order valence-corrected chi connectivity index (χ3v) is 3.39. The Balaban J connectivity index is 2.49. The molecule has 2 aromatic rings. The fraction of sp³-hybridized carbons (Fsp3) is 0.154. The molecule has 0 aliphatic heterocycles. The molecule has 12 heteroatoms. The lowest BCUT2D eigenvalue weighted by Gasteiger charge is -2.08. The average Bonchev–Trinajstić information content (AvgIpc) is 2.90. The van der Waals surface area contributed by atoms with Crippen LogP contribution in [0.5, 0.6) is 0 Å². The molecule has 1 aromatic carbocycles. The van der Waals surface area contributed by atoms with Crippen LogP contribution in [-0.2, 0) is 7.05 Å². The number of nitro groups is 2. The van der Waals surface area contributed by atoms with Gasteiger partial charge in [-0.25, -0.2) is 4.79 Å². The van der Waals surface area contributed by atoms with Gasteiger partial charge in [-0.1, -0.05) is 0 Å². The minimum atomic E-state index is -1.39. The third kappa shape index (κ3) is 3.26. The molecule has 0 aliphatic carbocycles. The van der Waals surface area contributed by atoms with Gasteiger partial charge in [0.2, 0.25) is 0 Å². The number of carbonyl (C=O) groups is 2. The normalized spacial score (nSPS) is 10.3. The van der Waals surface area contributed by atoms with E-state index in [4.69, 9.17) is 5.11 Å². The van der Waals surface area contributed by atoms with E-state index in [1.54, 1.807) is 0 Å². The minimum Gasteiger partial charge on any atom is -0.478 e. The van der Waals surface area contributed by atoms with Crippen molar-refractivity contribution in [2.75, 3.05) is 5.32 Å². The number of nitrogens with one attached hydrogen (secondary N) is 1. The lowest BCUT2D eigenvalue weighted by atomic mass is 10.1. The van der Waals surface area contributed by atoms with Crippen LogP contribution in [0.15, 0.2) is 18.3 Å². The van der Waals surface area contributed by atoms with Gasteiger partial charge in [-0.3, -0.25) is 29.7 Å². The van der Waals surface area contributed by atoms with E-state index in [1.807, 2.05) is 0 Å². The summed E-state index contributed by atoms with van der Waals surface area (Å²) in [6.07, 6.45) is 0.970. The number of rotatable bonds is 5. The Bertz CT molecular complexity index is 882. The highest BCUT2D eigenvalue weighted by atomic mass is 16.6. The molecule has 0 saturated carbocycles. The Morgan fingerprint density at radius 3 is 2.16 bits per heavy atom. The maximum Gasteiger partial charge on any atom is 0.339 e. The maximum atomic E-state index is 12.3. The van der Waals surface area contributed by atoms with Crippen LogP contribution < -0.4 is 5.32 Å². The smallest absolute Gasteiger partial charge is 0.339 e. The van der Waals surface area contributed by atoms with E-state index < -0.39 is 33.1 Å². The highest BCUT2D eigenvalue weighted by Gasteiger charge is 2.26. The summed E-state index contributed by atoms with van der Waals surface area (Å²) in [5.41, 5.74) is -2.17. The van der Waals surface area contributed by atoms with Gasteiger partial charge in [0.15, 0.2) is 0 Å². The number of hydrogen-bond acceptors (Lipinski definition) is 7. The van der Waals surface area contributed by atoms with E-state index in [0.29, 0.717) is 0 Å². The number of aromatic carboxylic acids is 1. The van der Waals surface area contributed by atoms with E-state index in [1.165, 1.54) is 14.0 Å². The van der Waals surface area contributed by atoms with Gasteiger partial charge in [0.25, 0.3) is 17.3 Å². The number of aromatic nitrogens is 2. The minimum absolute atomic E-state index is 0.167. The monoisotopic (exact) mass is 349 g/mol. The largest absolute Gasteiger partial charge is 0.478 e. The first-order chi connectivity index (χ1) is 11.6. The molecule has 2 rings (SSSR count). The van der Waals surface area contributed by atoms with Crippen molar-refractivity contribution in [3.63, 3.8) is 0 Å². The maximum absolute atomic E-state index is 12.3. The summed E-state index contributed by atoms with van der Waals surface area (Å²) >= 11 is 0. The number of amides is 1. The van der Waals surface area contributed by atoms with Crippen LogP contribution in [0.1, 0.15) is 26.4 Å². The second-order valence-corrected chi connectivity index (χ2v) is 4.94. The molecule has 0 radical (unpaired) electrons. The van der Waals surface area contributed by atoms with Crippen molar-refractivity contribution in [3.8, 4) is 0 Å². The molecule has 12 nitrogen and oxygen atoms in total. The standard InChI is InChI=1S/C13H11N5O7/c1-6-9(17(22)23)3-7(4-10(6)18(24)25)15-12(19)11-8(13(20)21)5-14-16(11)2/h3-5H,1-2H3,(H,15,19)(H,20,21). The first-order valence-corrected chi connectivity index (χ1v) is 6.63. The predicted molar refractivity (Wildman–Crippen MR) is 82.6 cm³/mol. The Morgan fingerprint density at radius 1 is 1.20 bits per heavy atom. The SMILES string of the molecule is Cc1c([N+](=O)[O-])cc(NC(=O)c2c(C(=O)O)cnn2C)cc1[N+](=O)[O-]. The second kappa shape index (κ2) is 6.35. The van der Waals surface area contributed by atoms with Crippen LogP contribution in [0.2, 0.25) is 0 Å². The first-order valence-electron chi connectivity index (χ1n) is 6.63. The van der Waals surface area contributed by atoms with E-state index in [-0.39, 0.29) is 22.5 Å². The van der Waals surface area contributed by atoms with Crippen molar-refractivity contribution >= 4 is 28.9 Å². The predicted octanol–water partition coefficient (Wildman–Crippen LogP) is 1.50. The summed E-state index contributed by atoms with van der Waals surface area (Å²) in [6, 6.07) is 1.91. The molecule has 0 unspecified atom stereocenters. The molecule has 0 aliphatic rings. The average molecular weight is 349 g/mol. The van der Waals surface area contributed by atoms with Crippen LogP contribution >= 0.6 is 0 Å². The van der Waals surface area contributed by atoms with E-state index in [0.717, 1.165) is 23.0 Å². The highest BCUT2D eigenvalue weighted by molar-refractivity contribution is 6.09. The Labute approximate surface area is 139 Å². The molecule has 2 N–H and O–H groups in total. The number of carboxylic acids is 1. The molecule has 130 valence electrons. The zero-order chi connectivity index (χ0) is 18.9. The molecule has 0 atom stereocenters. The number of anilines is 1. The molecule has 1 amide bonds. The second-order valence-electron chi connectivity index (χ2n) is 4.94. The summed E-state index contributed by atoms with van der Waals surface area (Å²) in [4.78, 5) is 43.9. The molecular formula is C13H11N5O7. The number of benzene rings is 1. The fourth-order valence-electron chi connectivity index (χ4n) is 2.19. The summed E-state index contributed by atoms with van der Waals surface area (Å²) in [7, 11) is 1.33. The van der Waals surface area contributed by atoms with Gasteiger partial charge in [-0.15, -0.1) is 0 Å². The summed E-state index contributed by atoms with van der Waals surface area (Å²) in [5, 5.41) is 37.0. The van der Waals surface area contributed by atoms with Crippen LogP contribution in [0, 0.1) is 27.2 Å². The van der Waals surface area contributed by atoms with Crippen molar-refractivity contribution < 1.29 is 24.5 Å². The third-order valence-electron chi connectivity index (χ3n) is 3.39. The number of aryl methyl sites for hydroxylation is 1. The van der Waals surface area contributed by atoms with Crippen LogP contribution in [-0.4, -0.2) is 36.6 Å². The summed E-state index contributed by atoms with van der Waals surface area (Å²) < 4.78 is 1.01. The highest BCUT2D eigenvalue weighted by Crippen LogP contribution is 2.32. The molecule has 0 bridgehead atoms. The van der Waals surface area contributed by atoms with E-state index in [9.17, 15) is 29.8 Å². The molecule has 25 heavy (non-hydrogen) atoms. The van der Waals surface area contributed by atoms with Gasteiger partial charge >= 0.3 is 5.97 Å². The van der Waals surface area contributed by atoms with Crippen molar-refractivity contribution in [2.24, 2.45) is 7.05 Å². The van der Waals surface area contributed by atoms with Crippen LogP contribution in [0.3, 0.4) is 0 Å². The van der Waals surface area contributed by atoms with Gasteiger partial charge in [0.05, 0.1) is 21.7 Å². The van der Waals surface area contributed by atoms with Crippen molar-refractivity contribution in [3.05, 3.63) is 55.4 Å². The molecule has 1 heterocycles. The number of hydrogen-bond donors (Lipinski definition) is 2. The van der Waals surface area contributed by atoms with E-state index >= 15 is 0 Å². The number of nitro benzene ring substituents is 2. The number of nitrogens with zero attached hydrogens (tertiary/aromatic N) is 4. The van der Waals surface area contributed by atoms with Gasteiger partial charge < -0.3 is 10.4 Å². The zero-order valence-corrected chi connectivity index (χ0v) is 12.9. The quantitative estimate of drug-likeness (QED) is 0.603. The number of carboxylic acid groups (broad SMARTS) is 1. The van der Waals surface area contributed by atoms with Crippen LogP contribution in [0.25, 0.3) is 0 Å². The van der Waals surface area contributed by atoms with Gasteiger partial charge in [-0.05, 0) is 6.92 Å². The Morgan fingerprint density at radius 2 is 1.72 bits per heavy atom. The molecular weight excluding hydrogens is 338 g/mol. The van der Waals surface area contributed by atoms with Crippen molar-refractivity contribution in [1.82, 2.24) is 9.78 Å². The zero-order valence-electron chi connectivity index (χ0n) is 12.9. The Hall–Kier alpha value is -3.83. The van der Waals surface area contributed by atoms with Crippen molar-refractivity contribution in [1.29, 1.82) is 0 Å². The lowest BCUT2D eigenvalue weighted by Crippen LogP contribution is -2.19. The first kappa shape index (κ1) is 17.5. The van der Waals surface area contributed by atoms with Gasteiger partial charge in [0, 0.05) is 19.2 Å². The van der Waals surface area contributed by atoms with E-state index in [2.05, 4.69) is 10.4 Å². The van der Waals surface area contributed by atoms with Crippen molar-refractivity contribution in [2.45, 2.75) is 6.92 Å². The molecule has 0 spiro atoms. The molecule has 1 aromatic heterocycles. The van der Waals surface area contributed by atoms with Crippen LogP contribution in [0.4, 0.5) is 17.1 Å². The van der Waals surface area contributed by atoms with Gasteiger partial charge in [0.1, 0.15) is 16.8 Å². The topological polar surface area (TPSA) is 170 Å².